The lowest BCUT2D eigenvalue weighted by Crippen LogP contribution is -2.35. The van der Waals surface area contributed by atoms with Crippen LogP contribution in [-0.2, 0) is 10.2 Å². The van der Waals surface area contributed by atoms with E-state index in [1.54, 1.807) is 0 Å². The van der Waals surface area contributed by atoms with Crippen LogP contribution in [0.5, 0.6) is 0 Å². The van der Waals surface area contributed by atoms with E-state index >= 15 is 0 Å². The molecule has 1 nitrogen and oxygen atoms in total. The molecule has 1 aliphatic rings. The highest BCUT2D eigenvalue weighted by Gasteiger charge is 2.38. The van der Waals surface area contributed by atoms with E-state index in [4.69, 9.17) is 0 Å². The Morgan fingerprint density at radius 2 is 2.00 bits per heavy atom. The Morgan fingerprint density at radius 1 is 1.18 bits per heavy atom. The minimum absolute atomic E-state index is 0.198. The molecule has 1 fully saturated rings. The van der Waals surface area contributed by atoms with Crippen molar-refractivity contribution >= 4 is 33.0 Å². The van der Waals surface area contributed by atoms with Crippen LogP contribution in [-0.4, -0.2) is 6.29 Å². The molecule has 1 saturated carbocycles. The zero-order valence-corrected chi connectivity index (χ0v) is 11.0. The molecule has 0 N–H and O–H groups in total. The van der Waals surface area contributed by atoms with Gasteiger partial charge in [0.15, 0.2) is 0 Å². The second-order valence-electron chi connectivity index (χ2n) is 4.80. The predicted molar refractivity (Wildman–Crippen MR) is 73.2 cm³/mol. The molecular formula is C15H13BrO. The molecule has 2 aromatic carbocycles. The van der Waals surface area contributed by atoms with Crippen LogP contribution in [0.4, 0.5) is 0 Å². The van der Waals surface area contributed by atoms with E-state index in [0.29, 0.717) is 0 Å². The Morgan fingerprint density at radius 3 is 2.65 bits per heavy atom. The van der Waals surface area contributed by atoms with Gasteiger partial charge in [-0.15, -0.1) is 0 Å². The van der Waals surface area contributed by atoms with Crippen molar-refractivity contribution in [2.75, 3.05) is 0 Å². The maximum absolute atomic E-state index is 11.3. The molecule has 17 heavy (non-hydrogen) atoms. The second-order valence-corrected chi connectivity index (χ2v) is 5.66. The van der Waals surface area contributed by atoms with Crippen molar-refractivity contribution in [1.82, 2.24) is 0 Å². The van der Waals surface area contributed by atoms with Crippen molar-refractivity contribution in [2.45, 2.75) is 24.7 Å². The molecule has 3 rings (SSSR count). The van der Waals surface area contributed by atoms with Gasteiger partial charge in [0.05, 0.1) is 5.41 Å². The second kappa shape index (κ2) is 3.95. The molecule has 0 heterocycles. The lowest BCUT2D eigenvalue weighted by Gasteiger charge is -2.37. The predicted octanol–water partition coefficient (Wildman–Crippen LogP) is 4.22. The summed E-state index contributed by atoms with van der Waals surface area (Å²) in [5.74, 6) is 0. The van der Waals surface area contributed by atoms with Crippen LogP contribution in [0.25, 0.3) is 10.8 Å². The van der Waals surface area contributed by atoms with Gasteiger partial charge in [0, 0.05) is 4.47 Å². The van der Waals surface area contributed by atoms with Crippen molar-refractivity contribution in [1.29, 1.82) is 0 Å². The van der Waals surface area contributed by atoms with E-state index in [2.05, 4.69) is 40.2 Å². The Kier molecular flexibility index (Phi) is 2.55. The average Bonchev–Trinajstić information content (AvgIpc) is 2.28. The van der Waals surface area contributed by atoms with Gasteiger partial charge in [-0.25, -0.2) is 0 Å². The van der Waals surface area contributed by atoms with Crippen LogP contribution in [0.1, 0.15) is 24.8 Å². The van der Waals surface area contributed by atoms with Gasteiger partial charge in [0.2, 0.25) is 0 Å². The minimum atomic E-state index is -0.198. The fourth-order valence-electron chi connectivity index (χ4n) is 2.59. The Hall–Kier alpha value is -1.15. The molecule has 0 spiro atoms. The molecular weight excluding hydrogens is 276 g/mol. The number of hydrogen-bond acceptors (Lipinski definition) is 1. The third-order valence-corrected chi connectivity index (χ3v) is 4.56. The van der Waals surface area contributed by atoms with E-state index in [0.717, 1.165) is 30.0 Å². The fraction of sp³-hybridized carbons (Fsp3) is 0.267. The summed E-state index contributed by atoms with van der Waals surface area (Å²) in [4.78, 5) is 11.3. The Labute approximate surface area is 109 Å². The molecule has 0 bridgehead atoms. The monoisotopic (exact) mass is 288 g/mol. The fourth-order valence-corrected chi connectivity index (χ4v) is 3.10. The SMILES string of the molecule is O=CC1(c2ccc3c(Br)cccc3c2)CCC1. The molecule has 1 aliphatic carbocycles. The quantitative estimate of drug-likeness (QED) is 0.756. The van der Waals surface area contributed by atoms with Crippen molar-refractivity contribution in [2.24, 2.45) is 0 Å². The summed E-state index contributed by atoms with van der Waals surface area (Å²) in [7, 11) is 0. The molecule has 2 aromatic rings. The zero-order valence-electron chi connectivity index (χ0n) is 9.45. The number of aldehydes is 1. The molecule has 2 heteroatoms. The first kappa shape index (κ1) is 11.0. The number of hydrogen-bond donors (Lipinski definition) is 0. The van der Waals surface area contributed by atoms with Crippen LogP contribution in [0, 0.1) is 0 Å². The Bertz CT molecular complexity index is 584. The normalized spacial score (nSPS) is 17.7. The number of carbonyl (C=O) groups excluding carboxylic acids is 1. The number of benzene rings is 2. The summed E-state index contributed by atoms with van der Waals surface area (Å²) in [6, 6.07) is 12.5. The first-order valence-electron chi connectivity index (χ1n) is 5.90. The van der Waals surface area contributed by atoms with Crippen LogP contribution in [0.2, 0.25) is 0 Å². The molecule has 86 valence electrons. The van der Waals surface area contributed by atoms with Gasteiger partial charge in [-0.3, -0.25) is 0 Å². The van der Waals surface area contributed by atoms with Gasteiger partial charge >= 0.3 is 0 Å². The van der Waals surface area contributed by atoms with Crippen molar-refractivity contribution < 1.29 is 4.79 Å². The van der Waals surface area contributed by atoms with E-state index in [1.165, 1.54) is 16.3 Å². The van der Waals surface area contributed by atoms with Crippen molar-refractivity contribution in [3.05, 3.63) is 46.4 Å². The Balaban J connectivity index is 2.17. The smallest absolute Gasteiger partial charge is 0.130 e. The molecule has 0 aliphatic heterocycles. The van der Waals surface area contributed by atoms with Gasteiger partial charge in [0.25, 0.3) is 0 Å². The summed E-state index contributed by atoms with van der Waals surface area (Å²) in [6.07, 6.45) is 4.29. The van der Waals surface area contributed by atoms with Crippen molar-refractivity contribution in [3.63, 3.8) is 0 Å². The third kappa shape index (κ3) is 1.62. The highest BCUT2D eigenvalue weighted by Crippen LogP contribution is 2.43. The number of fused-ring (bicyclic) bond motifs is 1. The summed E-state index contributed by atoms with van der Waals surface area (Å²) < 4.78 is 1.11. The standard InChI is InChI=1S/C15H13BrO/c16-14-4-1-3-11-9-12(5-6-13(11)14)15(10-17)7-2-8-15/h1,3-6,9-10H,2,7-8H2. The molecule has 0 amide bonds. The van der Waals surface area contributed by atoms with E-state index in [-0.39, 0.29) is 5.41 Å². The number of rotatable bonds is 2. The summed E-state index contributed by atoms with van der Waals surface area (Å²) in [6.45, 7) is 0. The summed E-state index contributed by atoms with van der Waals surface area (Å²) in [5, 5.41) is 2.40. The van der Waals surface area contributed by atoms with Gasteiger partial charge < -0.3 is 4.79 Å². The van der Waals surface area contributed by atoms with Crippen LogP contribution in [0.3, 0.4) is 0 Å². The van der Waals surface area contributed by atoms with Crippen molar-refractivity contribution in [3.8, 4) is 0 Å². The van der Waals surface area contributed by atoms with Crippen LogP contribution >= 0.6 is 15.9 Å². The highest BCUT2D eigenvalue weighted by atomic mass is 79.9. The molecule has 0 atom stereocenters. The van der Waals surface area contributed by atoms with E-state index in [9.17, 15) is 4.79 Å². The van der Waals surface area contributed by atoms with Crippen LogP contribution < -0.4 is 0 Å². The van der Waals surface area contributed by atoms with Gasteiger partial charge in [0.1, 0.15) is 6.29 Å². The zero-order chi connectivity index (χ0) is 11.9. The number of carbonyl (C=O) groups is 1. The third-order valence-electron chi connectivity index (χ3n) is 3.87. The van der Waals surface area contributed by atoms with Gasteiger partial charge in [-0.2, -0.15) is 0 Å². The van der Waals surface area contributed by atoms with Gasteiger partial charge in [-0.1, -0.05) is 52.7 Å². The lowest BCUT2D eigenvalue weighted by atomic mass is 9.65. The summed E-state index contributed by atoms with van der Waals surface area (Å²) >= 11 is 3.55. The largest absolute Gasteiger partial charge is 0.302 e. The van der Waals surface area contributed by atoms with Gasteiger partial charge in [-0.05, 0) is 35.2 Å². The van der Waals surface area contributed by atoms with E-state index < -0.39 is 0 Å². The summed E-state index contributed by atoms with van der Waals surface area (Å²) in [5.41, 5.74) is 0.973. The molecule has 0 saturated heterocycles. The van der Waals surface area contributed by atoms with Crippen LogP contribution in [0.15, 0.2) is 40.9 Å². The molecule has 0 aromatic heterocycles. The average molecular weight is 289 g/mol. The maximum atomic E-state index is 11.3. The lowest BCUT2D eigenvalue weighted by molar-refractivity contribution is -0.115. The molecule has 0 radical (unpaired) electrons. The maximum Gasteiger partial charge on any atom is 0.130 e. The first-order chi connectivity index (χ1) is 8.25. The topological polar surface area (TPSA) is 17.1 Å². The highest BCUT2D eigenvalue weighted by molar-refractivity contribution is 9.10. The first-order valence-corrected chi connectivity index (χ1v) is 6.70. The van der Waals surface area contributed by atoms with E-state index in [1.807, 2.05) is 12.1 Å². The molecule has 0 unspecified atom stereocenters. The number of halogens is 1. The minimum Gasteiger partial charge on any atom is -0.302 e.